The summed E-state index contributed by atoms with van der Waals surface area (Å²) in [5, 5.41) is 20.3. The fourth-order valence-corrected chi connectivity index (χ4v) is 3.76. The van der Waals surface area contributed by atoms with Gasteiger partial charge in [-0.05, 0) is 54.4 Å². The van der Waals surface area contributed by atoms with Crippen molar-refractivity contribution in [2.75, 3.05) is 4.90 Å². The molecule has 2 N–H and O–H groups in total. The summed E-state index contributed by atoms with van der Waals surface area (Å²) in [6.45, 7) is 1.62. The molecule has 0 aromatic heterocycles. The van der Waals surface area contributed by atoms with E-state index < -0.39 is 29.5 Å². The third-order valence-electron chi connectivity index (χ3n) is 5.26. The zero-order chi connectivity index (χ0) is 21.3. The summed E-state index contributed by atoms with van der Waals surface area (Å²) >= 11 is 0. The maximum atomic E-state index is 13.3. The van der Waals surface area contributed by atoms with Crippen molar-refractivity contribution in [1.29, 1.82) is 0 Å². The second-order valence-corrected chi connectivity index (χ2v) is 7.54. The van der Waals surface area contributed by atoms with Crippen LogP contribution in [0.25, 0.3) is 0 Å². The molecule has 0 radical (unpaired) electrons. The lowest BCUT2D eigenvalue weighted by molar-refractivity contribution is -0.205. The molecule has 1 fully saturated rings. The van der Waals surface area contributed by atoms with Crippen molar-refractivity contribution in [2.24, 2.45) is 5.92 Å². The number of anilines is 1. The summed E-state index contributed by atoms with van der Waals surface area (Å²) in [7, 11) is 0. The van der Waals surface area contributed by atoms with Gasteiger partial charge in [-0.25, -0.2) is 4.39 Å². The monoisotopic (exact) mass is 407 g/mol. The van der Waals surface area contributed by atoms with Gasteiger partial charge in [-0.3, -0.25) is 4.79 Å². The largest absolute Gasteiger partial charge is 0.489 e. The van der Waals surface area contributed by atoms with Crippen molar-refractivity contribution >= 4 is 11.6 Å². The minimum atomic E-state index is -2.18. The maximum Gasteiger partial charge on any atom is 0.238 e. The standard InChI is InChI=1S/C24H22FNO4/c1-24(28,29)21-22(26(23(21)27)19-11-9-18(25)10-12-19)17-7-13-20(14-8-17)30-15-16-5-3-2-4-6-16/h2-14,21-22,28-29H,15H2,1H3. The predicted octanol–water partition coefficient (Wildman–Crippen LogP) is 3.81. The van der Waals surface area contributed by atoms with E-state index in [4.69, 9.17) is 4.74 Å². The molecule has 0 aliphatic carbocycles. The average Bonchev–Trinajstić information content (AvgIpc) is 2.72. The molecule has 154 valence electrons. The van der Waals surface area contributed by atoms with Crippen molar-refractivity contribution in [3.8, 4) is 5.75 Å². The Morgan fingerprint density at radius 3 is 2.20 bits per heavy atom. The molecule has 2 unspecified atom stereocenters. The van der Waals surface area contributed by atoms with Crippen LogP contribution in [-0.2, 0) is 11.4 Å². The number of aliphatic hydroxyl groups is 2. The van der Waals surface area contributed by atoms with Gasteiger partial charge in [0.1, 0.15) is 24.1 Å². The minimum Gasteiger partial charge on any atom is -0.489 e. The normalized spacial score (nSPS) is 18.8. The first-order chi connectivity index (χ1) is 14.3. The van der Waals surface area contributed by atoms with E-state index in [0.29, 0.717) is 18.0 Å². The van der Waals surface area contributed by atoms with Crippen LogP contribution in [0.3, 0.4) is 0 Å². The van der Waals surface area contributed by atoms with Crippen LogP contribution in [0.5, 0.6) is 5.75 Å². The fraction of sp³-hybridized carbons (Fsp3) is 0.208. The number of carbonyl (C=O) groups is 1. The Balaban J connectivity index is 1.56. The molecule has 1 saturated heterocycles. The van der Waals surface area contributed by atoms with Crippen molar-refractivity contribution in [3.05, 3.63) is 95.8 Å². The molecule has 1 heterocycles. The third-order valence-corrected chi connectivity index (χ3v) is 5.26. The highest BCUT2D eigenvalue weighted by atomic mass is 19.1. The van der Waals surface area contributed by atoms with Crippen LogP contribution >= 0.6 is 0 Å². The molecule has 6 heteroatoms. The first-order valence-electron chi connectivity index (χ1n) is 9.64. The molecule has 30 heavy (non-hydrogen) atoms. The van der Waals surface area contributed by atoms with Crippen LogP contribution in [0.1, 0.15) is 24.1 Å². The van der Waals surface area contributed by atoms with Crippen molar-refractivity contribution in [1.82, 2.24) is 0 Å². The quantitative estimate of drug-likeness (QED) is 0.482. The SMILES string of the molecule is CC(O)(O)C1C(=O)N(c2ccc(F)cc2)C1c1ccc(OCc2ccccc2)cc1. The molecule has 2 atom stereocenters. The Kier molecular flexibility index (Phi) is 5.28. The van der Waals surface area contributed by atoms with Gasteiger partial charge in [-0.2, -0.15) is 0 Å². The molecule has 5 nitrogen and oxygen atoms in total. The molecular formula is C24H22FNO4. The lowest BCUT2D eigenvalue weighted by atomic mass is 9.77. The van der Waals surface area contributed by atoms with Crippen LogP contribution in [0.15, 0.2) is 78.9 Å². The lowest BCUT2D eigenvalue weighted by Gasteiger charge is -2.50. The van der Waals surface area contributed by atoms with E-state index in [2.05, 4.69) is 0 Å². The molecule has 4 rings (SSSR count). The van der Waals surface area contributed by atoms with Crippen LogP contribution in [0, 0.1) is 11.7 Å². The van der Waals surface area contributed by atoms with Crippen molar-refractivity contribution < 1.29 is 24.1 Å². The summed E-state index contributed by atoms with van der Waals surface area (Å²) in [6, 6.07) is 21.9. The molecule has 1 aliphatic rings. The van der Waals surface area contributed by atoms with Crippen LogP contribution in [0.4, 0.5) is 10.1 Å². The van der Waals surface area contributed by atoms with Gasteiger partial charge in [-0.1, -0.05) is 42.5 Å². The molecule has 0 spiro atoms. The Morgan fingerprint density at radius 2 is 1.60 bits per heavy atom. The maximum absolute atomic E-state index is 13.3. The predicted molar refractivity (Wildman–Crippen MR) is 110 cm³/mol. The van der Waals surface area contributed by atoms with E-state index >= 15 is 0 Å². The number of ether oxygens (including phenoxy) is 1. The highest BCUT2D eigenvalue weighted by Gasteiger charge is 2.56. The molecular weight excluding hydrogens is 385 g/mol. The van der Waals surface area contributed by atoms with Gasteiger partial charge in [0.25, 0.3) is 0 Å². The number of β-lactam (4-membered cyclic amide) rings is 1. The van der Waals surface area contributed by atoms with Gasteiger partial charge in [0.05, 0.1) is 6.04 Å². The zero-order valence-corrected chi connectivity index (χ0v) is 16.4. The van der Waals surface area contributed by atoms with E-state index in [1.165, 1.54) is 36.1 Å². The topological polar surface area (TPSA) is 70.0 Å². The highest BCUT2D eigenvalue weighted by molar-refractivity contribution is 6.03. The van der Waals surface area contributed by atoms with Crippen molar-refractivity contribution in [2.45, 2.75) is 25.4 Å². The van der Waals surface area contributed by atoms with E-state index in [9.17, 15) is 19.4 Å². The van der Waals surface area contributed by atoms with Gasteiger partial charge in [0, 0.05) is 5.69 Å². The van der Waals surface area contributed by atoms with Crippen LogP contribution < -0.4 is 9.64 Å². The Hall–Kier alpha value is -3.22. The Morgan fingerprint density at radius 1 is 0.967 bits per heavy atom. The third kappa shape index (κ3) is 3.92. The highest BCUT2D eigenvalue weighted by Crippen LogP contribution is 2.47. The van der Waals surface area contributed by atoms with Gasteiger partial charge >= 0.3 is 0 Å². The summed E-state index contributed by atoms with van der Waals surface area (Å²) in [4.78, 5) is 14.1. The summed E-state index contributed by atoms with van der Waals surface area (Å²) < 4.78 is 19.1. The summed E-state index contributed by atoms with van der Waals surface area (Å²) in [5.41, 5.74) is 2.27. The van der Waals surface area contributed by atoms with Gasteiger partial charge in [0.2, 0.25) is 5.91 Å². The van der Waals surface area contributed by atoms with Crippen LogP contribution in [-0.4, -0.2) is 21.9 Å². The van der Waals surface area contributed by atoms with Crippen molar-refractivity contribution in [3.63, 3.8) is 0 Å². The first-order valence-corrected chi connectivity index (χ1v) is 9.64. The lowest BCUT2D eigenvalue weighted by Crippen LogP contribution is -2.63. The van der Waals surface area contributed by atoms with E-state index in [1.54, 1.807) is 24.3 Å². The second kappa shape index (κ2) is 7.89. The number of hydrogen-bond acceptors (Lipinski definition) is 4. The molecule has 3 aromatic carbocycles. The number of rotatable bonds is 6. The van der Waals surface area contributed by atoms with Gasteiger partial charge < -0.3 is 19.8 Å². The zero-order valence-electron chi connectivity index (χ0n) is 16.4. The number of carbonyl (C=O) groups excluding carboxylic acids is 1. The Bertz CT molecular complexity index is 1010. The molecule has 3 aromatic rings. The molecule has 0 bridgehead atoms. The van der Waals surface area contributed by atoms with Gasteiger partial charge in [-0.15, -0.1) is 0 Å². The minimum absolute atomic E-state index is 0.408. The fourth-order valence-electron chi connectivity index (χ4n) is 3.76. The average molecular weight is 407 g/mol. The first kappa shape index (κ1) is 20.1. The number of halogens is 1. The molecule has 0 saturated carbocycles. The van der Waals surface area contributed by atoms with E-state index in [0.717, 1.165) is 11.1 Å². The van der Waals surface area contributed by atoms with Gasteiger partial charge in [0.15, 0.2) is 5.79 Å². The number of benzene rings is 3. The smallest absolute Gasteiger partial charge is 0.238 e. The van der Waals surface area contributed by atoms with E-state index in [-0.39, 0.29) is 0 Å². The van der Waals surface area contributed by atoms with Crippen LogP contribution in [0.2, 0.25) is 0 Å². The summed E-state index contributed by atoms with van der Waals surface area (Å²) in [6.07, 6.45) is 0. The second-order valence-electron chi connectivity index (χ2n) is 7.54. The Labute approximate surface area is 174 Å². The molecule has 1 amide bonds. The van der Waals surface area contributed by atoms with E-state index in [1.807, 2.05) is 30.3 Å². The molecule has 1 aliphatic heterocycles. The number of hydrogen-bond donors (Lipinski definition) is 2. The summed E-state index contributed by atoms with van der Waals surface area (Å²) in [5.74, 6) is -3.38. The number of amides is 1. The number of nitrogens with zero attached hydrogens (tertiary/aromatic N) is 1.